The average Bonchev–Trinajstić information content (AvgIpc) is 2.92. The van der Waals surface area contributed by atoms with Gasteiger partial charge < -0.3 is 15.2 Å². The number of nitriles is 1. The number of aryl methyl sites for hydroxylation is 2. The third-order valence-corrected chi connectivity index (χ3v) is 8.43. The van der Waals surface area contributed by atoms with E-state index < -0.39 is 5.92 Å². The summed E-state index contributed by atoms with van der Waals surface area (Å²) in [5, 5.41) is 10.5. The van der Waals surface area contributed by atoms with E-state index in [1.54, 1.807) is 7.11 Å². The minimum Gasteiger partial charge on any atom is -0.497 e. The lowest BCUT2D eigenvalue weighted by molar-refractivity contribution is -0.118. The van der Waals surface area contributed by atoms with E-state index in [1.165, 1.54) is 0 Å². The fraction of sp³-hybridized carbons (Fsp3) is 0.294. The second kappa shape index (κ2) is 11.1. The Kier molecular flexibility index (Phi) is 7.72. The summed E-state index contributed by atoms with van der Waals surface area (Å²) in [7, 11) is 1.63. The van der Waals surface area contributed by atoms with Crippen molar-refractivity contribution in [3.63, 3.8) is 0 Å². The van der Waals surface area contributed by atoms with Crippen molar-refractivity contribution in [1.29, 1.82) is 5.26 Å². The fourth-order valence-electron chi connectivity index (χ4n) is 5.95. The van der Waals surface area contributed by atoms with Crippen molar-refractivity contribution in [1.82, 2.24) is 0 Å². The topological polar surface area (TPSA) is 88.6 Å². The molecule has 3 aromatic rings. The maximum absolute atomic E-state index is 14.0. The molecule has 0 amide bonds. The van der Waals surface area contributed by atoms with Crippen LogP contribution < -0.4 is 20.1 Å². The highest BCUT2D eigenvalue weighted by atomic mass is 79.9. The lowest BCUT2D eigenvalue weighted by atomic mass is 9.68. The van der Waals surface area contributed by atoms with Crippen LogP contribution in [0.2, 0.25) is 0 Å². The molecule has 5 rings (SSSR count). The summed E-state index contributed by atoms with van der Waals surface area (Å²) in [4.78, 5) is 15.9. The summed E-state index contributed by atoms with van der Waals surface area (Å²) in [6.45, 7) is 8.63. The van der Waals surface area contributed by atoms with Crippen LogP contribution in [0.25, 0.3) is 0 Å². The highest BCUT2D eigenvalue weighted by Crippen LogP contribution is 2.51. The van der Waals surface area contributed by atoms with Gasteiger partial charge in [-0.2, -0.15) is 5.26 Å². The second-order valence-corrected chi connectivity index (χ2v) is 12.5. The van der Waals surface area contributed by atoms with Gasteiger partial charge in [0, 0.05) is 27.9 Å². The lowest BCUT2D eigenvalue weighted by Crippen LogP contribution is -2.42. The zero-order chi connectivity index (χ0) is 29.5. The van der Waals surface area contributed by atoms with Crippen LogP contribution in [-0.2, 0) is 11.4 Å². The first-order valence-electron chi connectivity index (χ1n) is 13.6. The number of carbonyl (C=O) groups excluding carboxylic acids is 1. The third-order valence-electron chi connectivity index (χ3n) is 7.94. The van der Waals surface area contributed by atoms with Gasteiger partial charge in [-0.05, 0) is 90.4 Å². The highest BCUT2D eigenvalue weighted by Gasteiger charge is 2.45. The number of halogens is 1. The Bertz CT molecular complexity index is 1630. The van der Waals surface area contributed by atoms with Gasteiger partial charge in [0.2, 0.25) is 0 Å². The maximum Gasteiger partial charge on any atom is 0.162 e. The van der Waals surface area contributed by atoms with Gasteiger partial charge >= 0.3 is 0 Å². The quantitative estimate of drug-likeness (QED) is 0.309. The molecule has 2 aliphatic rings. The van der Waals surface area contributed by atoms with Gasteiger partial charge in [0.15, 0.2) is 5.78 Å². The SMILES string of the molecule is COc1ccc(OCc2cc(C3C(C#N)=C(N)N(c4cccc(Br)c4)C4=C3C(=O)CC(C)(C)C4)c(C)cc2C)cc1. The van der Waals surface area contributed by atoms with Crippen molar-refractivity contribution >= 4 is 27.4 Å². The standard InChI is InChI=1S/C34H34BrN3O3/c1-20-13-21(2)27(14-22(20)19-41-26-11-9-25(40-5)10-12-26)31-28(18-36)33(37)38(24-8-6-7-23(35)15-24)29-16-34(3,4)17-30(39)32(29)31/h6-15,31H,16-17,19,37H2,1-5H3. The van der Waals surface area contributed by atoms with Crippen LogP contribution >= 0.6 is 15.9 Å². The van der Waals surface area contributed by atoms with E-state index in [0.29, 0.717) is 36.4 Å². The van der Waals surface area contributed by atoms with Crippen molar-refractivity contribution in [3.05, 3.63) is 110 Å². The number of anilines is 1. The van der Waals surface area contributed by atoms with Crippen LogP contribution in [0, 0.1) is 30.6 Å². The molecule has 0 aromatic heterocycles. The molecular weight excluding hydrogens is 578 g/mol. The Morgan fingerprint density at radius 2 is 1.76 bits per heavy atom. The lowest BCUT2D eigenvalue weighted by Gasteiger charge is -2.44. The minimum atomic E-state index is -0.553. The molecule has 1 heterocycles. The first-order chi connectivity index (χ1) is 19.5. The second-order valence-electron chi connectivity index (χ2n) is 11.6. The van der Waals surface area contributed by atoms with Gasteiger partial charge in [-0.25, -0.2) is 0 Å². The number of benzene rings is 3. The summed E-state index contributed by atoms with van der Waals surface area (Å²) < 4.78 is 12.3. The first kappa shape index (κ1) is 28.5. The Hall–Kier alpha value is -4.02. The predicted octanol–water partition coefficient (Wildman–Crippen LogP) is 7.59. The molecule has 6 nitrogen and oxygen atoms in total. The number of allylic oxidation sites excluding steroid dienone is 3. The Morgan fingerprint density at radius 1 is 1.05 bits per heavy atom. The van der Waals surface area contributed by atoms with Gasteiger partial charge in [-0.15, -0.1) is 0 Å². The largest absolute Gasteiger partial charge is 0.497 e. The summed E-state index contributed by atoms with van der Waals surface area (Å²) in [5.41, 5.74) is 13.3. The number of hydrogen-bond donors (Lipinski definition) is 1. The summed E-state index contributed by atoms with van der Waals surface area (Å²) >= 11 is 3.57. The zero-order valence-electron chi connectivity index (χ0n) is 24.0. The van der Waals surface area contributed by atoms with E-state index in [1.807, 2.05) is 67.3 Å². The van der Waals surface area contributed by atoms with Crippen LogP contribution in [0.5, 0.6) is 11.5 Å². The molecule has 0 radical (unpaired) electrons. The molecule has 0 saturated carbocycles. The van der Waals surface area contributed by atoms with E-state index in [9.17, 15) is 10.1 Å². The minimum absolute atomic E-state index is 0.0532. The number of ketones is 1. The molecule has 0 saturated heterocycles. The van der Waals surface area contributed by atoms with Crippen LogP contribution in [0.3, 0.4) is 0 Å². The maximum atomic E-state index is 14.0. The van der Waals surface area contributed by atoms with Crippen molar-refractivity contribution in [3.8, 4) is 17.6 Å². The van der Waals surface area contributed by atoms with E-state index in [2.05, 4.69) is 48.0 Å². The van der Waals surface area contributed by atoms with Gasteiger partial charge in [0.05, 0.1) is 24.7 Å². The van der Waals surface area contributed by atoms with E-state index >= 15 is 0 Å². The Morgan fingerprint density at radius 3 is 2.41 bits per heavy atom. The number of methoxy groups -OCH3 is 1. The number of ether oxygens (including phenoxy) is 2. The molecule has 41 heavy (non-hydrogen) atoms. The van der Waals surface area contributed by atoms with Gasteiger partial charge in [0.1, 0.15) is 23.9 Å². The number of nitrogens with two attached hydrogens (primary N) is 1. The summed E-state index contributed by atoms with van der Waals surface area (Å²) in [6, 6.07) is 21.8. The third kappa shape index (κ3) is 5.49. The van der Waals surface area contributed by atoms with Crippen LogP contribution in [0.15, 0.2) is 87.8 Å². The molecule has 2 N–H and O–H groups in total. The Labute approximate surface area is 250 Å². The van der Waals surface area contributed by atoms with Crippen molar-refractivity contribution in [2.24, 2.45) is 11.1 Å². The number of Topliss-reactive ketones (excluding diaryl/α,β-unsaturated/α-hetero) is 1. The first-order valence-corrected chi connectivity index (χ1v) is 14.4. The van der Waals surface area contributed by atoms with Crippen LogP contribution in [0.4, 0.5) is 5.69 Å². The monoisotopic (exact) mass is 611 g/mol. The molecule has 0 fully saturated rings. The summed E-state index contributed by atoms with van der Waals surface area (Å²) in [6.07, 6.45) is 1.07. The molecule has 1 aliphatic carbocycles. The zero-order valence-corrected chi connectivity index (χ0v) is 25.6. The van der Waals surface area contributed by atoms with E-state index in [4.69, 9.17) is 15.2 Å². The molecular formula is C34H34BrN3O3. The van der Waals surface area contributed by atoms with E-state index in [-0.39, 0.29) is 11.2 Å². The van der Waals surface area contributed by atoms with Crippen molar-refractivity contribution in [2.75, 3.05) is 12.0 Å². The number of hydrogen-bond acceptors (Lipinski definition) is 6. The molecule has 1 atom stereocenters. The fourth-order valence-corrected chi connectivity index (χ4v) is 6.33. The number of nitrogens with zero attached hydrogens (tertiary/aromatic N) is 2. The smallest absolute Gasteiger partial charge is 0.162 e. The summed E-state index contributed by atoms with van der Waals surface area (Å²) in [5.74, 6) is 1.35. The van der Waals surface area contributed by atoms with Gasteiger partial charge in [-0.1, -0.05) is 48.0 Å². The molecule has 7 heteroatoms. The van der Waals surface area contributed by atoms with Crippen LogP contribution in [-0.4, -0.2) is 12.9 Å². The molecule has 0 spiro atoms. The van der Waals surface area contributed by atoms with Crippen molar-refractivity contribution < 1.29 is 14.3 Å². The average molecular weight is 613 g/mol. The molecule has 1 unspecified atom stereocenters. The van der Waals surface area contributed by atoms with Gasteiger partial charge in [-0.3, -0.25) is 9.69 Å². The van der Waals surface area contributed by atoms with Crippen LogP contribution in [0.1, 0.15) is 54.9 Å². The van der Waals surface area contributed by atoms with E-state index in [0.717, 1.165) is 49.6 Å². The molecule has 3 aromatic carbocycles. The normalized spacial score (nSPS) is 18.2. The van der Waals surface area contributed by atoms with Gasteiger partial charge in [0.25, 0.3) is 0 Å². The highest BCUT2D eigenvalue weighted by molar-refractivity contribution is 9.10. The molecule has 1 aliphatic heterocycles. The molecule has 210 valence electrons. The molecule has 0 bridgehead atoms. The predicted molar refractivity (Wildman–Crippen MR) is 164 cm³/mol. The van der Waals surface area contributed by atoms with Crippen molar-refractivity contribution in [2.45, 2.75) is 53.1 Å². The number of carbonyl (C=O) groups is 1. The number of rotatable bonds is 6. The Balaban J connectivity index is 1.63.